The molecule has 4 nitrogen and oxygen atoms in total. The summed E-state index contributed by atoms with van der Waals surface area (Å²) in [5, 5.41) is 2.95. The molecule has 0 aromatic heterocycles. The fraction of sp³-hybridized carbons (Fsp3) is 0.278. The predicted molar refractivity (Wildman–Crippen MR) is 90.2 cm³/mol. The van der Waals surface area contributed by atoms with Crippen molar-refractivity contribution < 1.29 is 9.53 Å². The third-order valence-corrected chi connectivity index (χ3v) is 3.47. The van der Waals surface area contributed by atoms with E-state index in [0.717, 1.165) is 16.8 Å². The molecule has 4 heteroatoms. The lowest BCUT2D eigenvalue weighted by atomic mass is 9.98. The SMILES string of the molecule is Cc1cccc(C(C)C)c1NC(=O)COc1ccccc1N. The molecule has 22 heavy (non-hydrogen) atoms. The first-order chi connectivity index (χ1) is 10.5. The van der Waals surface area contributed by atoms with Gasteiger partial charge in [0.25, 0.3) is 5.91 Å². The number of para-hydroxylation sites is 3. The molecule has 0 atom stereocenters. The van der Waals surface area contributed by atoms with Crippen LogP contribution in [0.2, 0.25) is 0 Å². The van der Waals surface area contributed by atoms with Gasteiger partial charge in [0.2, 0.25) is 0 Å². The van der Waals surface area contributed by atoms with Crippen LogP contribution in [-0.4, -0.2) is 12.5 Å². The summed E-state index contributed by atoms with van der Waals surface area (Å²) < 4.78 is 5.47. The Bertz CT molecular complexity index is 666. The molecule has 0 saturated carbocycles. The van der Waals surface area contributed by atoms with Gasteiger partial charge in [-0.3, -0.25) is 4.79 Å². The Morgan fingerprint density at radius 2 is 1.91 bits per heavy atom. The maximum absolute atomic E-state index is 12.1. The Labute approximate surface area is 131 Å². The largest absolute Gasteiger partial charge is 0.482 e. The van der Waals surface area contributed by atoms with Gasteiger partial charge in [0.15, 0.2) is 6.61 Å². The van der Waals surface area contributed by atoms with E-state index in [1.54, 1.807) is 12.1 Å². The zero-order chi connectivity index (χ0) is 16.1. The Balaban J connectivity index is 2.05. The number of nitrogens with one attached hydrogen (secondary N) is 1. The van der Waals surface area contributed by atoms with Gasteiger partial charge in [0, 0.05) is 5.69 Å². The normalized spacial score (nSPS) is 10.5. The van der Waals surface area contributed by atoms with Crippen LogP contribution in [0.4, 0.5) is 11.4 Å². The topological polar surface area (TPSA) is 64.3 Å². The van der Waals surface area contributed by atoms with Crippen LogP contribution in [0.1, 0.15) is 30.9 Å². The standard InChI is InChI=1S/C18H22N2O2/c1-12(2)14-8-6-7-13(3)18(14)20-17(21)11-22-16-10-5-4-9-15(16)19/h4-10,12H,11,19H2,1-3H3,(H,20,21). The van der Waals surface area contributed by atoms with Crippen molar-refractivity contribution in [1.82, 2.24) is 0 Å². The van der Waals surface area contributed by atoms with E-state index in [4.69, 9.17) is 10.5 Å². The van der Waals surface area contributed by atoms with Crippen LogP contribution in [0, 0.1) is 6.92 Å². The zero-order valence-electron chi connectivity index (χ0n) is 13.2. The molecular formula is C18H22N2O2. The molecule has 0 aliphatic carbocycles. The van der Waals surface area contributed by atoms with Gasteiger partial charge in [0.05, 0.1) is 5.69 Å². The van der Waals surface area contributed by atoms with E-state index in [-0.39, 0.29) is 12.5 Å². The summed E-state index contributed by atoms with van der Waals surface area (Å²) in [7, 11) is 0. The number of anilines is 2. The number of benzene rings is 2. The first kappa shape index (κ1) is 15.9. The molecule has 0 unspecified atom stereocenters. The number of hydrogen-bond acceptors (Lipinski definition) is 3. The van der Waals surface area contributed by atoms with Crippen molar-refractivity contribution >= 4 is 17.3 Å². The minimum absolute atomic E-state index is 0.0694. The third kappa shape index (κ3) is 3.79. The van der Waals surface area contributed by atoms with Crippen molar-refractivity contribution in [3.05, 3.63) is 53.6 Å². The average molecular weight is 298 g/mol. The van der Waals surface area contributed by atoms with Crippen LogP contribution < -0.4 is 15.8 Å². The fourth-order valence-corrected chi connectivity index (χ4v) is 2.27. The molecular weight excluding hydrogens is 276 g/mol. The zero-order valence-corrected chi connectivity index (χ0v) is 13.2. The number of nitrogens with two attached hydrogens (primary N) is 1. The molecule has 116 valence electrons. The second-order valence-electron chi connectivity index (χ2n) is 5.57. The molecule has 2 rings (SSSR count). The molecule has 0 heterocycles. The lowest BCUT2D eigenvalue weighted by Gasteiger charge is -2.16. The Morgan fingerprint density at radius 1 is 1.18 bits per heavy atom. The molecule has 3 N–H and O–H groups in total. The van der Waals surface area contributed by atoms with Gasteiger partial charge in [-0.2, -0.15) is 0 Å². The number of nitrogen functional groups attached to an aromatic ring is 1. The van der Waals surface area contributed by atoms with Crippen LogP contribution in [0.5, 0.6) is 5.75 Å². The van der Waals surface area contributed by atoms with E-state index < -0.39 is 0 Å². The van der Waals surface area contributed by atoms with Gasteiger partial charge in [0.1, 0.15) is 5.75 Å². The minimum Gasteiger partial charge on any atom is -0.482 e. The number of rotatable bonds is 5. The smallest absolute Gasteiger partial charge is 0.262 e. The Kier molecular flexibility index (Phi) is 5.04. The molecule has 2 aromatic carbocycles. The molecule has 2 aromatic rings. The van der Waals surface area contributed by atoms with Gasteiger partial charge in [-0.1, -0.05) is 44.2 Å². The summed E-state index contributed by atoms with van der Waals surface area (Å²) in [5.74, 6) is 0.659. The predicted octanol–water partition coefficient (Wildman–Crippen LogP) is 3.72. The van der Waals surface area contributed by atoms with Gasteiger partial charge < -0.3 is 15.8 Å². The highest BCUT2D eigenvalue weighted by molar-refractivity contribution is 5.93. The maximum atomic E-state index is 12.1. The summed E-state index contributed by atoms with van der Waals surface area (Å²) in [6.07, 6.45) is 0. The molecule has 0 aliphatic rings. The summed E-state index contributed by atoms with van der Waals surface area (Å²) in [6, 6.07) is 13.1. The Morgan fingerprint density at radius 3 is 2.59 bits per heavy atom. The highest BCUT2D eigenvalue weighted by Crippen LogP contribution is 2.27. The van der Waals surface area contributed by atoms with Crippen molar-refractivity contribution in [2.24, 2.45) is 0 Å². The highest BCUT2D eigenvalue weighted by atomic mass is 16.5. The number of amides is 1. The van der Waals surface area contributed by atoms with Gasteiger partial charge in [-0.25, -0.2) is 0 Å². The summed E-state index contributed by atoms with van der Waals surface area (Å²) in [6.45, 7) is 6.12. The quantitative estimate of drug-likeness (QED) is 0.827. The van der Waals surface area contributed by atoms with Crippen LogP contribution in [0.15, 0.2) is 42.5 Å². The van der Waals surface area contributed by atoms with Crippen LogP contribution in [0.25, 0.3) is 0 Å². The van der Waals surface area contributed by atoms with E-state index in [0.29, 0.717) is 17.4 Å². The second-order valence-corrected chi connectivity index (χ2v) is 5.57. The summed E-state index contributed by atoms with van der Waals surface area (Å²) >= 11 is 0. The second kappa shape index (κ2) is 6.98. The molecule has 0 radical (unpaired) electrons. The molecule has 0 aliphatic heterocycles. The van der Waals surface area contributed by atoms with E-state index in [1.807, 2.05) is 37.3 Å². The third-order valence-electron chi connectivity index (χ3n) is 3.47. The molecule has 0 fully saturated rings. The first-order valence-corrected chi connectivity index (χ1v) is 7.35. The van der Waals surface area contributed by atoms with Crippen molar-refractivity contribution in [3.8, 4) is 5.75 Å². The van der Waals surface area contributed by atoms with E-state index in [2.05, 4.69) is 19.2 Å². The van der Waals surface area contributed by atoms with Crippen molar-refractivity contribution in [2.45, 2.75) is 26.7 Å². The molecule has 0 saturated heterocycles. The maximum Gasteiger partial charge on any atom is 0.262 e. The van der Waals surface area contributed by atoms with Crippen molar-refractivity contribution in [2.75, 3.05) is 17.7 Å². The monoisotopic (exact) mass is 298 g/mol. The molecule has 0 bridgehead atoms. The van der Waals surface area contributed by atoms with E-state index in [1.165, 1.54) is 0 Å². The average Bonchev–Trinajstić information content (AvgIpc) is 2.48. The summed E-state index contributed by atoms with van der Waals surface area (Å²) in [5.41, 5.74) is 9.34. The van der Waals surface area contributed by atoms with Crippen LogP contribution in [0.3, 0.4) is 0 Å². The lowest BCUT2D eigenvalue weighted by Crippen LogP contribution is -2.22. The van der Waals surface area contributed by atoms with Gasteiger partial charge >= 0.3 is 0 Å². The highest BCUT2D eigenvalue weighted by Gasteiger charge is 2.12. The van der Waals surface area contributed by atoms with Crippen molar-refractivity contribution in [3.63, 3.8) is 0 Å². The number of carbonyl (C=O) groups excluding carboxylic acids is 1. The van der Waals surface area contributed by atoms with Crippen LogP contribution >= 0.6 is 0 Å². The number of carbonyl (C=O) groups is 1. The first-order valence-electron chi connectivity index (χ1n) is 7.35. The van der Waals surface area contributed by atoms with Crippen molar-refractivity contribution in [1.29, 1.82) is 0 Å². The molecule has 1 amide bonds. The number of ether oxygens (including phenoxy) is 1. The van der Waals surface area contributed by atoms with Gasteiger partial charge in [-0.05, 0) is 36.1 Å². The van der Waals surface area contributed by atoms with Crippen LogP contribution in [-0.2, 0) is 4.79 Å². The fourth-order valence-electron chi connectivity index (χ4n) is 2.27. The van der Waals surface area contributed by atoms with E-state index in [9.17, 15) is 4.79 Å². The number of aryl methyl sites for hydroxylation is 1. The van der Waals surface area contributed by atoms with E-state index >= 15 is 0 Å². The molecule has 0 spiro atoms. The van der Waals surface area contributed by atoms with Gasteiger partial charge in [-0.15, -0.1) is 0 Å². The minimum atomic E-state index is -0.195. The lowest BCUT2D eigenvalue weighted by molar-refractivity contribution is -0.118. The Hall–Kier alpha value is -2.49. The summed E-state index contributed by atoms with van der Waals surface area (Å²) in [4.78, 5) is 12.1. The number of hydrogen-bond donors (Lipinski definition) is 2.